The van der Waals surface area contributed by atoms with Crippen molar-refractivity contribution in [2.75, 3.05) is 0 Å². The molecule has 0 bridgehead atoms. The summed E-state index contributed by atoms with van der Waals surface area (Å²) in [7, 11) is 0. The summed E-state index contributed by atoms with van der Waals surface area (Å²) >= 11 is 0. The molecule has 1 aromatic heterocycles. The van der Waals surface area contributed by atoms with Gasteiger partial charge in [0.25, 0.3) is 0 Å². The van der Waals surface area contributed by atoms with Gasteiger partial charge in [0.15, 0.2) is 0 Å². The molecule has 1 heterocycles. The number of carbonyl (C=O) groups excluding carboxylic acids is 1. The van der Waals surface area contributed by atoms with Gasteiger partial charge in [-0.2, -0.15) is 5.10 Å². The summed E-state index contributed by atoms with van der Waals surface area (Å²) in [6, 6.07) is 1.81. The van der Waals surface area contributed by atoms with Gasteiger partial charge < -0.3 is 5.32 Å². The fraction of sp³-hybridized carbons (Fsp3) is 0.667. The van der Waals surface area contributed by atoms with Gasteiger partial charge in [0, 0.05) is 17.9 Å². The molecule has 4 heteroatoms. The van der Waals surface area contributed by atoms with Crippen LogP contribution in [0.15, 0.2) is 18.5 Å². The Morgan fingerprint density at radius 1 is 1.50 bits per heavy atom. The van der Waals surface area contributed by atoms with Crippen LogP contribution in [-0.4, -0.2) is 21.2 Å². The molecule has 1 amide bonds. The molecule has 1 N–H and O–H groups in total. The van der Waals surface area contributed by atoms with Gasteiger partial charge in [-0.1, -0.05) is 13.8 Å². The molecule has 0 atom stereocenters. The van der Waals surface area contributed by atoms with E-state index in [1.807, 2.05) is 19.9 Å². The number of hydrogen-bond acceptors (Lipinski definition) is 2. The molecule has 0 radical (unpaired) electrons. The van der Waals surface area contributed by atoms with Gasteiger partial charge in [-0.05, 0) is 32.3 Å². The molecule has 0 aliphatic heterocycles. The Morgan fingerprint density at radius 3 is 2.69 bits per heavy atom. The van der Waals surface area contributed by atoms with E-state index in [-0.39, 0.29) is 18.0 Å². The third-order valence-electron chi connectivity index (χ3n) is 2.26. The van der Waals surface area contributed by atoms with E-state index in [2.05, 4.69) is 24.3 Å². The number of amides is 1. The highest BCUT2D eigenvalue weighted by molar-refractivity contribution is 5.76. The maximum absolute atomic E-state index is 11.7. The van der Waals surface area contributed by atoms with Crippen LogP contribution >= 0.6 is 0 Å². The second kappa shape index (κ2) is 5.14. The second-order valence-electron chi connectivity index (χ2n) is 5.23. The quantitative estimate of drug-likeness (QED) is 0.827. The lowest BCUT2D eigenvalue weighted by Crippen LogP contribution is -2.45. The molecule has 0 spiro atoms. The van der Waals surface area contributed by atoms with E-state index in [0.29, 0.717) is 5.92 Å². The van der Waals surface area contributed by atoms with Crippen molar-refractivity contribution in [1.29, 1.82) is 0 Å². The molecule has 0 aliphatic carbocycles. The normalized spacial score (nSPS) is 11.8. The summed E-state index contributed by atoms with van der Waals surface area (Å²) in [5.74, 6) is 0.578. The van der Waals surface area contributed by atoms with Crippen molar-refractivity contribution < 1.29 is 4.79 Å². The van der Waals surface area contributed by atoms with E-state index < -0.39 is 0 Å². The summed E-state index contributed by atoms with van der Waals surface area (Å²) < 4.78 is 1.63. The van der Waals surface area contributed by atoms with Gasteiger partial charge in [-0.3, -0.25) is 9.48 Å². The molecule has 1 aromatic rings. The fourth-order valence-electron chi connectivity index (χ4n) is 2.03. The third-order valence-corrected chi connectivity index (χ3v) is 2.26. The van der Waals surface area contributed by atoms with Crippen molar-refractivity contribution in [3.8, 4) is 0 Å². The lowest BCUT2D eigenvalue weighted by atomic mass is 9.93. The van der Waals surface area contributed by atoms with Crippen molar-refractivity contribution >= 4 is 5.91 Å². The van der Waals surface area contributed by atoms with Crippen LogP contribution in [-0.2, 0) is 11.3 Å². The van der Waals surface area contributed by atoms with Crippen LogP contribution in [0.4, 0.5) is 0 Å². The summed E-state index contributed by atoms with van der Waals surface area (Å²) in [5, 5.41) is 7.03. The Hall–Kier alpha value is -1.32. The van der Waals surface area contributed by atoms with E-state index >= 15 is 0 Å². The zero-order valence-electron chi connectivity index (χ0n) is 10.5. The van der Waals surface area contributed by atoms with Crippen molar-refractivity contribution in [1.82, 2.24) is 15.1 Å². The molecule has 0 saturated carbocycles. The van der Waals surface area contributed by atoms with Crippen LogP contribution in [0.5, 0.6) is 0 Å². The summed E-state index contributed by atoms with van der Waals surface area (Å²) in [4.78, 5) is 11.7. The Labute approximate surface area is 97.0 Å². The molecule has 90 valence electrons. The molecule has 4 nitrogen and oxygen atoms in total. The minimum atomic E-state index is -0.154. The topological polar surface area (TPSA) is 46.9 Å². The molecule has 0 unspecified atom stereocenters. The first-order valence-electron chi connectivity index (χ1n) is 5.67. The Bertz CT molecular complexity index is 328. The average molecular weight is 223 g/mol. The first kappa shape index (κ1) is 12.7. The number of nitrogens with zero attached hydrogens (tertiary/aromatic N) is 2. The van der Waals surface area contributed by atoms with Crippen LogP contribution in [0.2, 0.25) is 0 Å². The highest BCUT2D eigenvalue weighted by atomic mass is 16.2. The lowest BCUT2D eigenvalue weighted by Gasteiger charge is -2.28. The molecular formula is C12H21N3O. The van der Waals surface area contributed by atoms with Gasteiger partial charge in [-0.25, -0.2) is 0 Å². The smallest absolute Gasteiger partial charge is 0.242 e. The number of hydrogen-bond donors (Lipinski definition) is 1. The largest absolute Gasteiger partial charge is 0.350 e. The monoisotopic (exact) mass is 223 g/mol. The van der Waals surface area contributed by atoms with E-state index in [1.54, 1.807) is 17.1 Å². The Morgan fingerprint density at radius 2 is 2.19 bits per heavy atom. The number of rotatable bonds is 5. The van der Waals surface area contributed by atoms with Gasteiger partial charge >= 0.3 is 0 Å². The molecule has 16 heavy (non-hydrogen) atoms. The molecule has 0 fully saturated rings. The number of aromatic nitrogens is 2. The standard InChI is InChI=1S/C12H21N3O/c1-10(2)8-12(3,4)14-11(16)9-15-7-5-6-13-15/h5-7,10H,8-9H2,1-4H3,(H,14,16). The highest BCUT2D eigenvalue weighted by Gasteiger charge is 2.21. The minimum Gasteiger partial charge on any atom is -0.350 e. The van der Waals surface area contributed by atoms with Crippen molar-refractivity contribution in [3.63, 3.8) is 0 Å². The predicted molar refractivity (Wildman–Crippen MR) is 63.9 cm³/mol. The van der Waals surface area contributed by atoms with Gasteiger partial charge in [0.05, 0.1) is 0 Å². The van der Waals surface area contributed by atoms with Crippen molar-refractivity contribution in [3.05, 3.63) is 18.5 Å². The maximum Gasteiger partial charge on any atom is 0.242 e. The Kier molecular flexibility index (Phi) is 4.10. The summed E-state index contributed by atoms with van der Waals surface area (Å²) in [6.07, 6.45) is 4.43. The predicted octanol–water partition coefficient (Wildman–Crippen LogP) is 1.82. The molecule has 0 aliphatic rings. The average Bonchev–Trinajstić information content (AvgIpc) is 2.51. The third kappa shape index (κ3) is 4.47. The van der Waals surface area contributed by atoms with E-state index in [0.717, 1.165) is 6.42 Å². The molecular weight excluding hydrogens is 202 g/mol. The van der Waals surface area contributed by atoms with Gasteiger partial charge in [-0.15, -0.1) is 0 Å². The Balaban J connectivity index is 2.44. The van der Waals surface area contributed by atoms with E-state index in [9.17, 15) is 4.79 Å². The van der Waals surface area contributed by atoms with E-state index in [1.165, 1.54) is 0 Å². The van der Waals surface area contributed by atoms with Crippen molar-refractivity contribution in [2.24, 2.45) is 5.92 Å². The number of nitrogens with one attached hydrogen (secondary N) is 1. The fourth-order valence-corrected chi connectivity index (χ4v) is 2.03. The maximum atomic E-state index is 11.7. The zero-order valence-corrected chi connectivity index (χ0v) is 10.5. The van der Waals surface area contributed by atoms with Crippen LogP contribution in [0.1, 0.15) is 34.1 Å². The lowest BCUT2D eigenvalue weighted by molar-refractivity contribution is -0.123. The minimum absolute atomic E-state index is 0.00866. The van der Waals surface area contributed by atoms with Crippen LogP contribution < -0.4 is 5.32 Å². The SMILES string of the molecule is CC(C)CC(C)(C)NC(=O)Cn1cccn1. The summed E-state index contributed by atoms with van der Waals surface area (Å²) in [5.41, 5.74) is -0.154. The second-order valence-corrected chi connectivity index (χ2v) is 5.23. The van der Waals surface area contributed by atoms with Crippen molar-refractivity contribution in [2.45, 2.75) is 46.2 Å². The first-order chi connectivity index (χ1) is 7.39. The van der Waals surface area contributed by atoms with Gasteiger partial charge in [0.1, 0.15) is 6.54 Å². The van der Waals surface area contributed by atoms with Crippen LogP contribution in [0.3, 0.4) is 0 Å². The van der Waals surface area contributed by atoms with Gasteiger partial charge in [0.2, 0.25) is 5.91 Å². The number of carbonyl (C=O) groups is 1. The van der Waals surface area contributed by atoms with Crippen LogP contribution in [0, 0.1) is 5.92 Å². The zero-order chi connectivity index (χ0) is 12.2. The first-order valence-corrected chi connectivity index (χ1v) is 5.67. The summed E-state index contributed by atoms with van der Waals surface area (Å²) in [6.45, 7) is 8.69. The van der Waals surface area contributed by atoms with Crippen LogP contribution in [0.25, 0.3) is 0 Å². The molecule has 0 aromatic carbocycles. The highest BCUT2D eigenvalue weighted by Crippen LogP contribution is 2.15. The van der Waals surface area contributed by atoms with E-state index in [4.69, 9.17) is 0 Å². The molecule has 0 saturated heterocycles. The molecule has 1 rings (SSSR count).